The Morgan fingerprint density at radius 3 is 2.21 bits per heavy atom. The van der Waals surface area contributed by atoms with Crippen LogP contribution in [-0.4, -0.2) is 85.8 Å². The summed E-state index contributed by atoms with van der Waals surface area (Å²) in [6.07, 6.45) is -2.39. The van der Waals surface area contributed by atoms with Gasteiger partial charge >= 0.3 is 12.1 Å². The summed E-state index contributed by atoms with van der Waals surface area (Å²) in [5, 5.41) is 10.2. The third kappa shape index (κ3) is 10.0. The van der Waals surface area contributed by atoms with Gasteiger partial charge in [0.15, 0.2) is 0 Å². The number of nitrogens with one attached hydrogen (secondary N) is 1. The maximum absolute atomic E-state index is 14.0. The highest BCUT2D eigenvalue weighted by Gasteiger charge is 2.38. The van der Waals surface area contributed by atoms with Gasteiger partial charge in [0.1, 0.15) is 5.82 Å². The third-order valence-electron chi connectivity index (χ3n) is 4.75. The molecular weight excluding hydrogens is 470 g/mol. The largest absolute Gasteiger partial charge is 0.490 e. The van der Waals surface area contributed by atoms with E-state index in [9.17, 15) is 30.8 Å². The van der Waals surface area contributed by atoms with Crippen molar-refractivity contribution in [2.45, 2.75) is 32.4 Å². The Labute approximate surface area is 190 Å². The first-order valence-electron chi connectivity index (χ1n) is 10.4. The summed E-state index contributed by atoms with van der Waals surface area (Å²) >= 11 is 0. The number of alkyl halides is 3. The highest BCUT2D eigenvalue weighted by molar-refractivity contribution is 7.89. The van der Waals surface area contributed by atoms with Crippen LogP contribution in [0.2, 0.25) is 0 Å². The molecule has 8 nitrogen and oxygen atoms in total. The lowest BCUT2D eigenvalue weighted by Crippen LogP contribution is -2.48. The van der Waals surface area contributed by atoms with Crippen LogP contribution in [0.25, 0.3) is 0 Å². The summed E-state index contributed by atoms with van der Waals surface area (Å²) in [6.45, 7) is 4.71. The molecule has 2 rings (SSSR count). The SMILES string of the molecule is CCCCCN(CCS(=O)(=O)N1CCNCC1)C(=O)c1ccccc1F.O=C(O)C(F)(F)F. The Bertz CT molecular complexity index is 875. The van der Waals surface area contributed by atoms with Crippen LogP contribution < -0.4 is 5.32 Å². The number of benzene rings is 1. The Hall–Kier alpha value is -2.25. The van der Waals surface area contributed by atoms with E-state index in [2.05, 4.69) is 12.2 Å². The van der Waals surface area contributed by atoms with Crippen LogP contribution in [0.5, 0.6) is 0 Å². The predicted molar refractivity (Wildman–Crippen MR) is 114 cm³/mol. The van der Waals surface area contributed by atoms with E-state index in [1.165, 1.54) is 27.4 Å². The van der Waals surface area contributed by atoms with E-state index in [-0.39, 0.29) is 17.9 Å². The van der Waals surface area contributed by atoms with Crippen molar-refractivity contribution in [1.29, 1.82) is 0 Å². The van der Waals surface area contributed by atoms with Gasteiger partial charge in [0.25, 0.3) is 5.91 Å². The molecule has 0 radical (unpaired) electrons. The number of nitrogens with zero attached hydrogens (tertiary/aromatic N) is 2. The van der Waals surface area contributed by atoms with Crippen molar-refractivity contribution in [2.24, 2.45) is 0 Å². The van der Waals surface area contributed by atoms with Crippen LogP contribution >= 0.6 is 0 Å². The summed E-state index contributed by atoms with van der Waals surface area (Å²) in [5.41, 5.74) is -0.0106. The fourth-order valence-electron chi connectivity index (χ4n) is 2.95. The van der Waals surface area contributed by atoms with Gasteiger partial charge in [0, 0.05) is 39.3 Å². The Kier molecular flexibility index (Phi) is 11.7. The Balaban J connectivity index is 0.000000675. The maximum Gasteiger partial charge on any atom is 0.490 e. The van der Waals surface area contributed by atoms with Gasteiger partial charge in [-0.2, -0.15) is 17.5 Å². The zero-order chi connectivity index (χ0) is 25.1. The van der Waals surface area contributed by atoms with Crippen molar-refractivity contribution in [3.05, 3.63) is 35.6 Å². The smallest absolute Gasteiger partial charge is 0.475 e. The number of sulfonamides is 1. The minimum atomic E-state index is -5.08. The molecule has 0 bridgehead atoms. The zero-order valence-electron chi connectivity index (χ0n) is 18.3. The number of hydrogen-bond acceptors (Lipinski definition) is 5. The second-order valence-electron chi connectivity index (χ2n) is 7.25. The average molecular weight is 500 g/mol. The molecule has 1 aromatic rings. The maximum atomic E-state index is 14.0. The van der Waals surface area contributed by atoms with Crippen LogP contribution in [0.15, 0.2) is 24.3 Å². The molecule has 1 saturated heterocycles. The van der Waals surface area contributed by atoms with Crippen molar-refractivity contribution < 1.29 is 40.7 Å². The summed E-state index contributed by atoms with van der Waals surface area (Å²) in [5.74, 6) is -3.93. The number of carbonyl (C=O) groups excluding carboxylic acids is 1. The van der Waals surface area contributed by atoms with Gasteiger partial charge in [-0.05, 0) is 18.6 Å². The van der Waals surface area contributed by atoms with E-state index in [0.29, 0.717) is 32.7 Å². The van der Waals surface area contributed by atoms with Gasteiger partial charge in [-0.15, -0.1) is 0 Å². The van der Waals surface area contributed by atoms with Gasteiger partial charge in [-0.3, -0.25) is 4.79 Å². The molecule has 1 amide bonds. The topological polar surface area (TPSA) is 107 Å². The van der Waals surface area contributed by atoms with Crippen LogP contribution in [0.4, 0.5) is 17.6 Å². The molecule has 0 unspecified atom stereocenters. The number of piperazine rings is 1. The molecule has 188 valence electrons. The van der Waals surface area contributed by atoms with Crippen molar-refractivity contribution in [1.82, 2.24) is 14.5 Å². The fraction of sp³-hybridized carbons (Fsp3) is 0.600. The van der Waals surface area contributed by atoms with Crippen LogP contribution in [0, 0.1) is 5.82 Å². The van der Waals surface area contributed by atoms with Crippen LogP contribution in [0.3, 0.4) is 0 Å². The summed E-state index contributed by atoms with van der Waals surface area (Å²) < 4.78 is 72.2. The van der Waals surface area contributed by atoms with Crippen LogP contribution in [-0.2, 0) is 14.8 Å². The molecule has 2 N–H and O–H groups in total. The standard InChI is InChI=1S/C18H28FN3O3S.C2HF3O2/c1-2-3-6-11-21(18(23)16-7-4-5-8-17(16)19)14-15-26(24,25)22-12-9-20-10-13-22;3-2(4,5)1(6)7/h4-5,7-8,20H,2-3,6,9-15H2,1H3;(H,6,7). The zero-order valence-corrected chi connectivity index (χ0v) is 19.1. The number of hydrogen-bond donors (Lipinski definition) is 2. The van der Waals surface area contributed by atoms with Crippen molar-refractivity contribution in [3.8, 4) is 0 Å². The fourth-order valence-corrected chi connectivity index (χ4v) is 4.40. The summed E-state index contributed by atoms with van der Waals surface area (Å²) in [6, 6.07) is 5.82. The van der Waals surface area contributed by atoms with Gasteiger partial charge in [-0.25, -0.2) is 17.6 Å². The molecular formula is C20H29F4N3O5S. The Morgan fingerprint density at radius 2 is 1.70 bits per heavy atom. The number of unbranched alkanes of at least 4 members (excludes halogenated alkanes) is 2. The molecule has 1 aliphatic heterocycles. The number of amides is 1. The molecule has 1 aromatic carbocycles. The molecule has 1 heterocycles. The quantitative estimate of drug-likeness (QED) is 0.399. The van der Waals surface area contributed by atoms with Gasteiger partial charge in [0.05, 0.1) is 11.3 Å². The number of carbonyl (C=O) groups is 2. The lowest BCUT2D eigenvalue weighted by molar-refractivity contribution is -0.192. The molecule has 0 aliphatic carbocycles. The first-order valence-corrected chi connectivity index (χ1v) is 12.0. The van der Waals surface area contributed by atoms with E-state index in [1.54, 1.807) is 6.07 Å². The number of carboxylic acids is 1. The highest BCUT2D eigenvalue weighted by Crippen LogP contribution is 2.14. The first-order chi connectivity index (χ1) is 15.4. The minimum Gasteiger partial charge on any atom is -0.475 e. The molecule has 13 heteroatoms. The average Bonchev–Trinajstić information content (AvgIpc) is 2.76. The van der Waals surface area contributed by atoms with Crippen molar-refractivity contribution >= 4 is 21.9 Å². The number of carboxylic acid groups (broad SMARTS) is 1. The summed E-state index contributed by atoms with van der Waals surface area (Å²) in [7, 11) is -3.43. The monoisotopic (exact) mass is 499 g/mol. The van der Waals surface area contributed by atoms with Gasteiger partial charge in [0.2, 0.25) is 10.0 Å². The summed E-state index contributed by atoms with van der Waals surface area (Å²) in [4.78, 5) is 23.1. The van der Waals surface area contributed by atoms with E-state index in [1.807, 2.05) is 0 Å². The second kappa shape index (κ2) is 13.5. The Morgan fingerprint density at radius 1 is 1.12 bits per heavy atom. The lowest BCUT2D eigenvalue weighted by atomic mass is 10.1. The highest BCUT2D eigenvalue weighted by atomic mass is 32.2. The molecule has 0 atom stereocenters. The minimum absolute atomic E-state index is 0.0106. The molecule has 33 heavy (non-hydrogen) atoms. The first kappa shape index (κ1) is 28.8. The van der Waals surface area contributed by atoms with Gasteiger partial charge < -0.3 is 15.3 Å². The number of halogens is 4. The third-order valence-corrected chi connectivity index (χ3v) is 6.60. The van der Waals surface area contributed by atoms with E-state index in [4.69, 9.17) is 9.90 Å². The molecule has 1 aliphatic rings. The van der Waals surface area contributed by atoms with E-state index < -0.39 is 33.9 Å². The normalized spacial score (nSPS) is 14.8. The predicted octanol–water partition coefficient (Wildman–Crippen LogP) is 2.33. The lowest BCUT2D eigenvalue weighted by Gasteiger charge is -2.28. The van der Waals surface area contributed by atoms with E-state index >= 15 is 0 Å². The second-order valence-corrected chi connectivity index (χ2v) is 9.34. The molecule has 0 aromatic heterocycles. The van der Waals surface area contributed by atoms with Crippen molar-refractivity contribution in [2.75, 3.05) is 45.0 Å². The van der Waals surface area contributed by atoms with Crippen molar-refractivity contribution in [3.63, 3.8) is 0 Å². The van der Waals surface area contributed by atoms with E-state index in [0.717, 1.165) is 19.3 Å². The number of rotatable bonds is 9. The molecule has 0 saturated carbocycles. The molecule has 0 spiro atoms. The molecule has 1 fully saturated rings. The van der Waals surface area contributed by atoms with Gasteiger partial charge in [-0.1, -0.05) is 31.9 Å². The van der Waals surface area contributed by atoms with Crippen LogP contribution in [0.1, 0.15) is 36.5 Å². The number of aliphatic carboxylic acids is 1.